The van der Waals surface area contributed by atoms with E-state index in [2.05, 4.69) is 25.6 Å². The van der Waals surface area contributed by atoms with Gasteiger partial charge in [0.05, 0.1) is 7.11 Å². The maximum absolute atomic E-state index is 5.32. The first-order valence-electron chi connectivity index (χ1n) is 7.62. The van der Waals surface area contributed by atoms with Gasteiger partial charge in [-0.25, -0.2) is 15.0 Å². The fourth-order valence-corrected chi connectivity index (χ4v) is 2.33. The van der Waals surface area contributed by atoms with Crippen LogP contribution in [0, 0.1) is 6.92 Å². The molecule has 0 saturated heterocycles. The summed E-state index contributed by atoms with van der Waals surface area (Å²) in [4.78, 5) is 12.7. The maximum atomic E-state index is 5.32. The van der Waals surface area contributed by atoms with Crippen molar-refractivity contribution in [2.45, 2.75) is 13.5 Å². The van der Waals surface area contributed by atoms with Crippen LogP contribution in [0.1, 0.15) is 11.1 Å². The quantitative estimate of drug-likeness (QED) is 0.723. The van der Waals surface area contributed by atoms with Crippen molar-refractivity contribution >= 4 is 17.3 Å². The number of rotatable bonds is 6. The van der Waals surface area contributed by atoms with Crippen molar-refractivity contribution in [3.63, 3.8) is 0 Å². The summed E-state index contributed by atoms with van der Waals surface area (Å²) in [6.07, 6.45) is 3.27. The second-order valence-corrected chi connectivity index (χ2v) is 5.25. The fraction of sp³-hybridized carbons (Fsp3) is 0.167. The number of ether oxygens (including phenoxy) is 1. The Kier molecular flexibility index (Phi) is 4.86. The van der Waals surface area contributed by atoms with Gasteiger partial charge in [-0.1, -0.05) is 18.2 Å². The third-order valence-electron chi connectivity index (χ3n) is 3.60. The molecule has 6 nitrogen and oxygen atoms in total. The molecule has 0 unspecified atom stereocenters. The number of nitrogens with one attached hydrogen (secondary N) is 2. The van der Waals surface area contributed by atoms with Crippen LogP contribution in [0.15, 0.2) is 55.0 Å². The van der Waals surface area contributed by atoms with Crippen LogP contribution in [0.5, 0.6) is 5.88 Å². The van der Waals surface area contributed by atoms with Crippen LogP contribution in [-0.2, 0) is 6.54 Å². The lowest BCUT2D eigenvalue weighted by Crippen LogP contribution is -2.07. The molecule has 0 saturated carbocycles. The SMILES string of the molecule is COc1nccc(C)c1CNc1cc(Nc2ccccc2)ncn1. The second-order valence-electron chi connectivity index (χ2n) is 5.25. The number of benzene rings is 1. The number of para-hydroxylation sites is 1. The molecule has 0 aliphatic rings. The first-order chi connectivity index (χ1) is 11.8. The minimum Gasteiger partial charge on any atom is -0.481 e. The Bertz CT molecular complexity index is 808. The number of methoxy groups -OCH3 is 1. The van der Waals surface area contributed by atoms with E-state index in [0.29, 0.717) is 12.4 Å². The van der Waals surface area contributed by atoms with Crippen molar-refractivity contribution in [3.05, 3.63) is 66.1 Å². The largest absolute Gasteiger partial charge is 0.481 e. The maximum Gasteiger partial charge on any atom is 0.218 e. The molecule has 2 aromatic heterocycles. The van der Waals surface area contributed by atoms with Crippen molar-refractivity contribution in [2.24, 2.45) is 0 Å². The van der Waals surface area contributed by atoms with E-state index in [4.69, 9.17) is 4.74 Å². The third kappa shape index (κ3) is 3.78. The van der Waals surface area contributed by atoms with Crippen molar-refractivity contribution in [1.29, 1.82) is 0 Å². The Hall–Kier alpha value is -3.15. The number of aromatic nitrogens is 3. The summed E-state index contributed by atoms with van der Waals surface area (Å²) in [5.41, 5.74) is 3.11. The van der Waals surface area contributed by atoms with Gasteiger partial charge in [0.25, 0.3) is 0 Å². The Morgan fingerprint density at radius 3 is 2.58 bits per heavy atom. The van der Waals surface area contributed by atoms with Gasteiger partial charge in [-0.3, -0.25) is 0 Å². The summed E-state index contributed by atoms with van der Waals surface area (Å²) < 4.78 is 5.32. The number of nitrogens with zero attached hydrogens (tertiary/aromatic N) is 3. The minimum absolute atomic E-state index is 0.574. The molecule has 0 radical (unpaired) electrons. The normalized spacial score (nSPS) is 10.2. The average Bonchev–Trinajstić information content (AvgIpc) is 2.61. The van der Waals surface area contributed by atoms with Crippen molar-refractivity contribution in [1.82, 2.24) is 15.0 Å². The van der Waals surface area contributed by atoms with E-state index in [1.807, 2.05) is 49.4 Å². The second kappa shape index (κ2) is 7.41. The highest BCUT2D eigenvalue weighted by atomic mass is 16.5. The molecule has 0 spiro atoms. The van der Waals surface area contributed by atoms with Gasteiger partial charge in [0.2, 0.25) is 5.88 Å². The van der Waals surface area contributed by atoms with Crippen molar-refractivity contribution in [2.75, 3.05) is 17.7 Å². The highest BCUT2D eigenvalue weighted by molar-refractivity contribution is 5.58. The number of aryl methyl sites for hydroxylation is 1. The monoisotopic (exact) mass is 321 g/mol. The van der Waals surface area contributed by atoms with Gasteiger partial charge >= 0.3 is 0 Å². The van der Waals surface area contributed by atoms with E-state index >= 15 is 0 Å². The molecule has 24 heavy (non-hydrogen) atoms. The van der Waals surface area contributed by atoms with Gasteiger partial charge in [0.15, 0.2) is 0 Å². The topological polar surface area (TPSA) is 72.0 Å². The Labute approximate surface area is 141 Å². The van der Waals surface area contributed by atoms with Crippen LogP contribution >= 0.6 is 0 Å². The zero-order chi connectivity index (χ0) is 16.8. The molecule has 0 fully saturated rings. The van der Waals surface area contributed by atoms with Crippen LogP contribution < -0.4 is 15.4 Å². The molecule has 0 aliphatic heterocycles. The lowest BCUT2D eigenvalue weighted by atomic mass is 10.1. The molecule has 3 aromatic rings. The molecule has 2 heterocycles. The summed E-state index contributed by atoms with van der Waals surface area (Å²) in [6, 6.07) is 13.7. The van der Waals surface area contributed by atoms with Crippen LogP contribution in [0.4, 0.5) is 17.3 Å². The van der Waals surface area contributed by atoms with Gasteiger partial charge in [-0.15, -0.1) is 0 Å². The van der Waals surface area contributed by atoms with Gasteiger partial charge < -0.3 is 15.4 Å². The zero-order valence-corrected chi connectivity index (χ0v) is 13.7. The first-order valence-corrected chi connectivity index (χ1v) is 7.62. The van der Waals surface area contributed by atoms with Crippen LogP contribution in [0.2, 0.25) is 0 Å². The lowest BCUT2D eigenvalue weighted by Gasteiger charge is -2.12. The number of hydrogen-bond acceptors (Lipinski definition) is 6. The van der Waals surface area contributed by atoms with E-state index in [1.54, 1.807) is 13.3 Å². The summed E-state index contributed by atoms with van der Waals surface area (Å²) >= 11 is 0. The Balaban J connectivity index is 1.71. The van der Waals surface area contributed by atoms with Gasteiger partial charge in [-0.2, -0.15) is 0 Å². The third-order valence-corrected chi connectivity index (χ3v) is 3.60. The number of anilines is 3. The van der Waals surface area contributed by atoms with Crippen molar-refractivity contribution in [3.8, 4) is 5.88 Å². The molecule has 3 rings (SSSR count). The van der Waals surface area contributed by atoms with E-state index < -0.39 is 0 Å². The molecular formula is C18H19N5O. The number of hydrogen-bond donors (Lipinski definition) is 2. The molecule has 6 heteroatoms. The molecule has 0 bridgehead atoms. The molecule has 1 aromatic carbocycles. The van der Waals surface area contributed by atoms with E-state index in [1.165, 1.54) is 6.33 Å². The smallest absolute Gasteiger partial charge is 0.218 e. The number of pyridine rings is 1. The predicted molar refractivity (Wildman–Crippen MR) is 94.6 cm³/mol. The average molecular weight is 321 g/mol. The van der Waals surface area contributed by atoms with Gasteiger partial charge in [0, 0.05) is 30.1 Å². The summed E-state index contributed by atoms with van der Waals surface area (Å²) in [6.45, 7) is 2.61. The van der Waals surface area contributed by atoms with E-state index in [-0.39, 0.29) is 0 Å². The molecule has 122 valence electrons. The first kappa shape index (κ1) is 15.7. The molecule has 2 N–H and O–H groups in total. The zero-order valence-electron chi connectivity index (χ0n) is 13.7. The summed E-state index contributed by atoms with van der Waals surface area (Å²) in [5, 5.41) is 6.54. The predicted octanol–water partition coefficient (Wildman–Crippen LogP) is 3.54. The standard InChI is InChI=1S/C18H19N5O/c1-13-8-9-19-18(24-2)15(13)11-20-16-10-17(22-12-21-16)23-14-6-4-3-5-7-14/h3-10,12H,11H2,1-2H3,(H2,20,21,22,23). The molecule has 0 aliphatic carbocycles. The summed E-state index contributed by atoms with van der Waals surface area (Å²) in [7, 11) is 1.62. The van der Waals surface area contributed by atoms with Crippen LogP contribution in [0.25, 0.3) is 0 Å². The Morgan fingerprint density at radius 2 is 1.79 bits per heavy atom. The Morgan fingerprint density at radius 1 is 1.00 bits per heavy atom. The van der Waals surface area contributed by atoms with Crippen LogP contribution in [0.3, 0.4) is 0 Å². The lowest BCUT2D eigenvalue weighted by molar-refractivity contribution is 0.392. The molecule has 0 atom stereocenters. The van der Waals surface area contributed by atoms with E-state index in [9.17, 15) is 0 Å². The highest BCUT2D eigenvalue weighted by Gasteiger charge is 2.08. The van der Waals surface area contributed by atoms with Crippen molar-refractivity contribution < 1.29 is 4.74 Å². The van der Waals surface area contributed by atoms with E-state index in [0.717, 1.165) is 28.5 Å². The van der Waals surface area contributed by atoms with Gasteiger partial charge in [-0.05, 0) is 30.7 Å². The summed E-state index contributed by atoms with van der Waals surface area (Å²) in [5.74, 6) is 2.08. The molecular weight excluding hydrogens is 302 g/mol. The molecule has 0 amide bonds. The van der Waals surface area contributed by atoms with Gasteiger partial charge in [0.1, 0.15) is 18.0 Å². The minimum atomic E-state index is 0.574. The highest BCUT2D eigenvalue weighted by Crippen LogP contribution is 2.21. The van der Waals surface area contributed by atoms with Crippen LogP contribution in [-0.4, -0.2) is 22.1 Å². The fourth-order valence-electron chi connectivity index (χ4n) is 2.33.